The zero-order chi connectivity index (χ0) is 10.7. The van der Waals surface area contributed by atoms with E-state index in [2.05, 4.69) is 0 Å². The summed E-state index contributed by atoms with van der Waals surface area (Å²) >= 11 is 0. The Hall–Kier alpha value is -1.77. The van der Waals surface area contributed by atoms with Gasteiger partial charge in [-0.05, 0) is 18.6 Å². The maximum Gasteiger partial charge on any atom is 0.374 e. The first kappa shape index (κ1) is 9.77. The Bertz CT molecular complexity index is 381. The predicted octanol–water partition coefficient (Wildman–Crippen LogP) is 1.99. The average molecular weight is 204 g/mol. The van der Waals surface area contributed by atoms with E-state index in [1.807, 2.05) is 30.3 Å². The molecule has 0 amide bonds. The van der Waals surface area contributed by atoms with E-state index in [1.54, 1.807) is 13.0 Å². The van der Waals surface area contributed by atoms with Gasteiger partial charge >= 0.3 is 5.97 Å². The second kappa shape index (κ2) is 4.17. The molecule has 3 nitrogen and oxygen atoms in total. The van der Waals surface area contributed by atoms with Gasteiger partial charge in [0, 0.05) is 0 Å². The molecule has 15 heavy (non-hydrogen) atoms. The number of carbonyl (C=O) groups excluding carboxylic acids is 1. The zero-order valence-corrected chi connectivity index (χ0v) is 8.47. The van der Waals surface area contributed by atoms with Gasteiger partial charge in [0.25, 0.3) is 0 Å². The summed E-state index contributed by atoms with van der Waals surface area (Å²) < 4.78 is 10.3. The molecule has 0 bridgehead atoms. The summed E-state index contributed by atoms with van der Waals surface area (Å²) in [6, 6.07) is 9.54. The number of carbonyl (C=O) groups is 1. The largest absolute Gasteiger partial charge is 0.483 e. The van der Waals surface area contributed by atoms with Crippen molar-refractivity contribution in [2.24, 2.45) is 0 Å². The van der Waals surface area contributed by atoms with Crippen LogP contribution in [0.25, 0.3) is 6.08 Å². The molecule has 0 radical (unpaired) electrons. The van der Waals surface area contributed by atoms with E-state index in [1.165, 1.54) is 0 Å². The van der Waals surface area contributed by atoms with Gasteiger partial charge in [0.1, 0.15) is 12.7 Å². The van der Waals surface area contributed by atoms with Crippen LogP contribution in [0.4, 0.5) is 0 Å². The van der Waals surface area contributed by atoms with Crippen LogP contribution in [0.3, 0.4) is 0 Å². The van der Waals surface area contributed by atoms with Gasteiger partial charge in [0.2, 0.25) is 5.76 Å². The van der Waals surface area contributed by atoms with E-state index >= 15 is 0 Å². The van der Waals surface area contributed by atoms with Gasteiger partial charge in [0.05, 0.1) is 0 Å². The minimum Gasteiger partial charge on any atom is -0.483 e. The van der Waals surface area contributed by atoms with Crippen molar-refractivity contribution in [3.05, 3.63) is 41.7 Å². The van der Waals surface area contributed by atoms with Crippen LogP contribution in [0.1, 0.15) is 12.5 Å². The van der Waals surface area contributed by atoms with Crippen molar-refractivity contribution in [3.63, 3.8) is 0 Å². The molecule has 3 heteroatoms. The lowest BCUT2D eigenvalue weighted by Crippen LogP contribution is -2.28. The first-order valence-corrected chi connectivity index (χ1v) is 4.86. The summed E-state index contributed by atoms with van der Waals surface area (Å²) in [6.45, 7) is 2.22. The van der Waals surface area contributed by atoms with Crippen LogP contribution in [0.15, 0.2) is 36.1 Å². The molecule has 0 aliphatic carbocycles. The molecule has 1 heterocycles. The summed E-state index contributed by atoms with van der Waals surface area (Å²) in [5.74, 6) is -0.114. The molecule has 0 aromatic heterocycles. The highest BCUT2D eigenvalue weighted by Gasteiger charge is 2.22. The highest BCUT2D eigenvalue weighted by molar-refractivity contribution is 5.92. The molecular weight excluding hydrogens is 192 g/mol. The lowest BCUT2D eigenvalue weighted by atomic mass is 10.2. The van der Waals surface area contributed by atoms with E-state index in [4.69, 9.17) is 9.47 Å². The van der Waals surface area contributed by atoms with Crippen molar-refractivity contribution in [1.82, 2.24) is 0 Å². The Balaban J connectivity index is 2.17. The van der Waals surface area contributed by atoms with Crippen molar-refractivity contribution < 1.29 is 14.3 Å². The van der Waals surface area contributed by atoms with Gasteiger partial charge in [0.15, 0.2) is 0 Å². The van der Waals surface area contributed by atoms with Crippen LogP contribution in [0.5, 0.6) is 0 Å². The van der Waals surface area contributed by atoms with Gasteiger partial charge in [-0.2, -0.15) is 0 Å². The summed E-state index contributed by atoms with van der Waals surface area (Å²) in [7, 11) is 0. The normalized spacial score (nSPS) is 23.4. The Kier molecular flexibility index (Phi) is 2.72. The fourth-order valence-electron chi connectivity index (χ4n) is 1.34. The first-order valence-electron chi connectivity index (χ1n) is 4.86. The Morgan fingerprint density at radius 2 is 2.07 bits per heavy atom. The van der Waals surface area contributed by atoms with Crippen LogP contribution in [-0.4, -0.2) is 18.7 Å². The van der Waals surface area contributed by atoms with Crippen LogP contribution in [-0.2, 0) is 14.3 Å². The van der Waals surface area contributed by atoms with E-state index in [0.29, 0.717) is 6.61 Å². The van der Waals surface area contributed by atoms with Crippen LogP contribution < -0.4 is 0 Å². The molecule has 0 saturated carbocycles. The second-order valence-corrected chi connectivity index (χ2v) is 3.45. The van der Waals surface area contributed by atoms with E-state index in [-0.39, 0.29) is 11.9 Å². The van der Waals surface area contributed by atoms with Crippen molar-refractivity contribution in [2.75, 3.05) is 6.61 Å². The fourth-order valence-corrected chi connectivity index (χ4v) is 1.34. The lowest BCUT2D eigenvalue weighted by molar-refractivity contribution is -0.157. The highest BCUT2D eigenvalue weighted by Crippen LogP contribution is 2.15. The SMILES string of the molecule is C[C@@H]1CO/C(=C\c2ccccc2)C(=O)O1. The van der Waals surface area contributed by atoms with Gasteiger partial charge in [-0.3, -0.25) is 0 Å². The highest BCUT2D eigenvalue weighted by atomic mass is 16.6. The van der Waals surface area contributed by atoms with Crippen LogP contribution in [0, 0.1) is 0 Å². The molecule has 1 aliphatic rings. The molecule has 78 valence electrons. The van der Waals surface area contributed by atoms with Crippen molar-refractivity contribution in [1.29, 1.82) is 0 Å². The van der Waals surface area contributed by atoms with E-state index < -0.39 is 5.97 Å². The standard InChI is InChI=1S/C12H12O3/c1-9-8-14-11(12(13)15-9)7-10-5-3-2-4-6-10/h2-7,9H,8H2,1H3/b11-7-/t9-/m1/s1. The second-order valence-electron chi connectivity index (χ2n) is 3.45. The summed E-state index contributed by atoms with van der Waals surface area (Å²) in [4.78, 5) is 11.4. The van der Waals surface area contributed by atoms with Crippen molar-refractivity contribution >= 4 is 12.0 Å². The molecule has 1 aromatic carbocycles. The molecule has 1 fully saturated rings. The third-order valence-electron chi connectivity index (χ3n) is 2.08. The Morgan fingerprint density at radius 1 is 1.33 bits per heavy atom. The van der Waals surface area contributed by atoms with Crippen LogP contribution in [0.2, 0.25) is 0 Å². The third-order valence-corrected chi connectivity index (χ3v) is 2.08. The molecule has 0 N–H and O–H groups in total. The van der Waals surface area contributed by atoms with Gasteiger partial charge in [-0.1, -0.05) is 30.3 Å². The molecular formula is C12H12O3. The molecule has 1 saturated heterocycles. The number of cyclic esters (lactones) is 1. The molecule has 2 rings (SSSR count). The number of esters is 1. The smallest absolute Gasteiger partial charge is 0.374 e. The minimum atomic E-state index is -0.391. The maximum atomic E-state index is 11.4. The summed E-state index contributed by atoms with van der Waals surface area (Å²) in [6.07, 6.45) is 1.53. The van der Waals surface area contributed by atoms with Crippen molar-refractivity contribution in [3.8, 4) is 0 Å². The van der Waals surface area contributed by atoms with Gasteiger partial charge in [-0.15, -0.1) is 0 Å². The monoisotopic (exact) mass is 204 g/mol. The number of benzene rings is 1. The number of hydrogen-bond acceptors (Lipinski definition) is 3. The van der Waals surface area contributed by atoms with Gasteiger partial charge in [-0.25, -0.2) is 4.79 Å². The van der Waals surface area contributed by atoms with E-state index in [9.17, 15) is 4.79 Å². The molecule has 1 atom stereocenters. The minimum absolute atomic E-state index is 0.162. The quantitative estimate of drug-likeness (QED) is 0.518. The van der Waals surface area contributed by atoms with Gasteiger partial charge < -0.3 is 9.47 Å². The van der Waals surface area contributed by atoms with E-state index in [0.717, 1.165) is 5.56 Å². The third kappa shape index (κ3) is 2.37. The Labute approximate surface area is 88.3 Å². The number of hydrogen-bond donors (Lipinski definition) is 0. The molecule has 1 aliphatic heterocycles. The zero-order valence-electron chi connectivity index (χ0n) is 8.47. The van der Waals surface area contributed by atoms with Crippen molar-refractivity contribution in [2.45, 2.75) is 13.0 Å². The molecule has 1 aromatic rings. The molecule has 0 unspecified atom stereocenters. The fraction of sp³-hybridized carbons (Fsp3) is 0.250. The van der Waals surface area contributed by atoms with Crippen LogP contribution >= 0.6 is 0 Å². The Morgan fingerprint density at radius 3 is 2.73 bits per heavy atom. The lowest BCUT2D eigenvalue weighted by Gasteiger charge is -2.21. The number of ether oxygens (including phenoxy) is 2. The summed E-state index contributed by atoms with van der Waals surface area (Å²) in [5, 5.41) is 0. The average Bonchev–Trinajstić information content (AvgIpc) is 2.24. The number of rotatable bonds is 1. The maximum absolute atomic E-state index is 11.4. The molecule has 0 spiro atoms. The first-order chi connectivity index (χ1) is 7.25. The topological polar surface area (TPSA) is 35.5 Å². The summed E-state index contributed by atoms with van der Waals surface area (Å²) in [5.41, 5.74) is 0.930. The predicted molar refractivity (Wildman–Crippen MR) is 55.9 cm³/mol.